The van der Waals surface area contributed by atoms with Crippen molar-refractivity contribution in [1.82, 2.24) is 0 Å². The van der Waals surface area contributed by atoms with E-state index < -0.39 is 5.97 Å². The minimum absolute atomic E-state index is 0.286. The zero-order valence-corrected chi connectivity index (χ0v) is 20.0. The summed E-state index contributed by atoms with van der Waals surface area (Å²) in [6, 6.07) is 13.6. The number of hydrogen-bond donors (Lipinski definition) is 1. The molecule has 0 unspecified atom stereocenters. The first-order valence-corrected chi connectivity index (χ1v) is 12.6. The SMILES string of the molecule is COCOCCCc1ccc(C#Cc2ccc(C(=O)O)cc2)cc1C12CC3CC(CC(C3)C1)C2. The van der Waals surface area contributed by atoms with Crippen LogP contribution in [0.5, 0.6) is 0 Å². The van der Waals surface area contributed by atoms with Crippen LogP contribution < -0.4 is 0 Å². The largest absolute Gasteiger partial charge is 0.478 e. The molecule has 4 aliphatic rings. The summed E-state index contributed by atoms with van der Waals surface area (Å²) in [6.45, 7) is 1.06. The van der Waals surface area contributed by atoms with Crippen molar-refractivity contribution in [3.8, 4) is 11.8 Å². The van der Waals surface area contributed by atoms with Crippen LogP contribution >= 0.6 is 0 Å². The Morgan fingerprint density at radius 2 is 1.59 bits per heavy atom. The fourth-order valence-electron chi connectivity index (χ4n) is 7.15. The van der Waals surface area contributed by atoms with Crippen molar-refractivity contribution in [2.45, 2.75) is 56.8 Å². The van der Waals surface area contributed by atoms with Gasteiger partial charge in [0.25, 0.3) is 0 Å². The molecule has 4 saturated carbocycles. The molecule has 4 heteroatoms. The Hall–Kier alpha value is -2.61. The van der Waals surface area contributed by atoms with Crippen LogP contribution in [0, 0.1) is 29.6 Å². The van der Waals surface area contributed by atoms with E-state index in [-0.39, 0.29) is 5.56 Å². The summed E-state index contributed by atoms with van der Waals surface area (Å²) in [5, 5.41) is 9.11. The second kappa shape index (κ2) is 9.94. The molecule has 178 valence electrons. The normalized spacial score (nSPS) is 26.8. The first kappa shape index (κ1) is 23.1. The Morgan fingerprint density at radius 1 is 0.971 bits per heavy atom. The number of methoxy groups -OCH3 is 1. The minimum Gasteiger partial charge on any atom is -0.478 e. The first-order valence-electron chi connectivity index (χ1n) is 12.6. The van der Waals surface area contributed by atoms with Gasteiger partial charge in [0.15, 0.2) is 0 Å². The molecule has 4 aliphatic carbocycles. The number of carboxylic acid groups (broad SMARTS) is 1. The molecular weight excluding hydrogens is 424 g/mol. The van der Waals surface area contributed by atoms with E-state index in [4.69, 9.17) is 14.6 Å². The maximum absolute atomic E-state index is 11.1. The molecule has 34 heavy (non-hydrogen) atoms. The van der Waals surface area contributed by atoms with Gasteiger partial charge in [-0.1, -0.05) is 17.9 Å². The van der Waals surface area contributed by atoms with Crippen molar-refractivity contribution < 1.29 is 19.4 Å². The Bertz CT molecular complexity index is 1050. The van der Waals surface area contributed by atoms with Crippen molar-refractivity contribution in [2.75, 3.05) is 20.5 Å². The van der Waals surface area contributed by atoms with Crippen LogP contribution in [-0.2, 0) is 21.3 Å². The lowest BCUT2D eigenvalue weighted by Gasteiger charge is -2.57. The second-order valence-electron chi connectivity index (χ2n) is 10.6. The maximum atomic E-state index is 11.1. The smallest absolute Gasteiger partial charge is 0.335 e. The lowest BCUT2D eigenvalue weighted by Crippen LogP contribution is -2.49. The molecular formula is C30H34O4. The number of benzene rings is 2. The topological polar surface area (TPSA) is 55.8 Å². The fraction of sp³-hybridized carbons (Fsp3) is 0.500. The molecule has 0 amide bonds. The predicted octanol–water partition coefficient (Wildman–Crippen LogP) is 5.81. The Labute approximate surface area is 202 Å². The van der Waals surface area contributed by atoms with Crippen LogP contribution in [0.4, 0.5) is 0 Å². The molecule has 0 aromatic heterocycles. The van der Waals surface area contributed by atoms with Gasteiger partial charge in [-0.25, -0.2) is 4.79 Å². The first-order chi connectivity index (χ1) is 16.5. The third-order valence-electron chi connectivity index (χ3n) is 8.14. The molecule has 6 rings (SSSR count). The molecule has 0 heterocycles. The number of aryl methyl sites for hydroxylation is 1. The van der Waals surface area contributed by atoms with E-state index in [2.05, 4.69) is 30.0 Å². The van der Waals surface area contributed by atoms with E-state index in [0.717, 1.165) is 41.7 Å². The van der Waals surface area contributed by atoms with Crippen LogP contribution in [0.3, 0.4) is 0 Å². The summed E-state index contributed by atoms with van der Waals surface area (Å²) >= 11 is 0. The highest BCUT2D eigenvalue weighted by atomic mass is 16.7. The number of carbonyl (C=O) groups is 1. The number of aromatic carboxylic acids is 1. The lowest BCUT2D eigenvalue weighted by molar-refractivity contribution is -0.0311. The number of rotatable bonds is 8. The van der Waals surface area contributed by atoms with E-state index in [1.807, 2.05) is 0 Å². The van der Waals surface area contributed by atoms with Crippen molar-refractivity contribution in [2.24, 2.45) is 17.8 Å². The average molecular weight is 459 g/mol. The molecule has 0 spiro atoms. The summed E-state index contributed by atoms with van der Waals surface area (Å²) in [6.07, 6.45) is 10.3. The van der Waals surface area contributed by atoms with Crippen LogP contribution in [0.15, 0.2) is 42.5 Å². The Morgan fingerprint density at radius 3 is 2.21 bits per heavy atom. The zero-order chi connectivity index (χ0) is 23.5. The van der Waals surface area contributed by atoms with Crippen LogP contribution in [-0.4, -0.2) is 31.6 Å². The average Bonchev–Trinajstić information content (AvgIpc) is 2.82. The van der Waals surface area contributed by atoms with Gasteiger partial charge in [-0.05, 0) is 122 Å². The molecule has 2 aromatic carbocycles. The Balaban J connectivity index is 1.42. The summed E-state index contributed by atoms with van der Waals surface area (Å²) < 4.78 is 10.6. The highest BCUT2D eigenvalue weighted by molar-refractivity contribution is 5.87. The molecule has 4 nitrogen and oxygen atoms in total. The van der Waals surface area contributed by atoms with E-state index in [1.54, 1.807) is 31.4 Å². The van der Waals surface area contributed by atoms with Gasteiger partial charge in [0, 0.05) is 24.8 Å². The number of ether oxygens (including phenoxy) is 2. The monoisotopic (exact) mass is 458 g/mol. The van der Waals surface area contributed by atoms with Crippen LogP contribution in [0.1, 0.15) is 77.6 Å². The van der Waals surface area contributed by atoms with E-state index in [0.29, 0.717) is 18.8 Å². The quantitative estimate of drug-likeness (QED) is 0.308. The summed E-state index contributed by atoms with van der Waals surface area (Å²) in [4.78, 5) is 11.1. The molecule has 4 fully saturated rings. The maximum Gasteiger partial charge on any atom is 0.335 e. The van der Waals surface area contributed by atoms with Gasteiger partial charge in [-0.15, -0.1) is 0 Å². The molecule has 2 aromatic rings. The lowest BCUT2D eigenvalue weighted by atomic mass is 9.47. The summed E-state index contributed by atoms with van der Waals surface area (Å²) in [5.74, 6) is 8.36. The molecule has 0 atom stereocenters. The van der Waals surface area contributed by atoms with Gasteiger partial charge in [0.05, 0.1) is 5.56 Å². The van der Waals surface area contributed by atoms with Gasteiger partial charge in [0.2, 0.25) is 0 Å². The summed E-state index contributed by atoms with van der Waals surface area (Å²) in [5.41, 5.74) is 5.48. The van der Waals surface area contributed by atoms with Crippen LogP contribution in [0.2, 0.25) is 0 Å². The molecule has 0 radical (unpaired) electrons. The third-order valence-corrected chi connectivity index (χ3v) is 8.14. The third kappa shape index (κ3) is 4.92. The molecule has 0 saturated heterocycles. The minimum atomic E-state index is -0.914. The van der Waals surface area contributed by atoms with Gasteiger partial charge in [-0.3, -0.25) is 0 Å². The van der Waals surface area contributed by atoms with E-state index in [9.17, 15) is 4.79 Å². The van der Waals surface area contributed by atoms with Crippen molar-refractivity contribution in [1.29, 1.82) is 0 Å². The second-order valence-corrected chi connectivity index (χ2v) is 10.6. The van der Waals surface area contributed by atoms with Gasteiger partial charge < -0.3 is 14.6 Å². The van der Waals surface area contributed by atoms with E-state index in [1.165, 1.54) is 49.7 Å². The number of hydrogen-bond acceptors (Lipinski definition) is 3. The van der Waals surface area contributed by atoms with Gasteiger partial charge >= 0.3 is 5.97 Å². The van der Waals surface area contributed by atoms with Crippen molar-refractivity contribution in [3.63, 3.8) is 0 Å². The Kier molecular flexibility index (Phi) is 6.77. The molecule has 4 bridgehead atoms. The van der Waals surface area contributed by atoms with Crippen molar-refractivity contribution >= 4 is 5.97 Å². The fourth-order valence-corrected chi connectivity index (χ4v) is 7.15. The van der Waals surface area contributed by atoms with Gasteiger partial charge in [-0.2, -0.15) is 0 Å². The number of carboxylic acids is 1. The van der Waals surface area contributed by atoms with Gasteiger partial charge in [0.1, 0.15) is 6.79 Å². The highest BCUT2D eigenvalue weighted by Crippen LogP contribution is 2.61. The van der Waals surface area contributed by atoms with Crippen LogP contribution in [0.25, 0.3) is 0 Å². The molecule has 0 aliphatic heterocycles. The van der Waals surface area contributed by atoms with Crippen molar-refractivity contribution in [3.05, 3.63) is 70.3 Å². The molecule has 1 N–H and O–H groups in total. The standard InChI is InChI=1S/C30H34O4/c1-33-20-34-12-2-3-26-9-8-22(5-4-21-6-10-27(11-7-21)29(31)32)16-28(26)30-17-23-13-24(18-30)15-25(14-23)19-30/h6-11,16,23-25H,2-3,12-15,17-20H2,1H3,(H,31,32). The zero-order valence-electron chi connectivity index (χ0n) is 20.0. The summed E-state index contributed by atoms with van der Waals surface area (Å²) in [7, 11) is 1.66. The van der Waals surface area contributed by atoms with E-state index >= 15 is 0 Å². The predicted molar refractivity (Wildman–Crippen MR) is 132 cm³/mol. The highest BCUT2D eigenvalue weighted by Gasteiger charge is 2.52.